The molecule has 4 aromatic rings. The Morgan fingerprint density at radius 3 is 2.25 bits per heavy atom. The van der Waals surface area contributed by atoms with Gasteiger partial charge in [-0.3, -0.25) is 9.69 Å². The summed E-state index contributed by atoms with van der Waals surface area (Å²) in [7, 11) is 0. The van der Waals surface area contributed by atoms with Gasteiger partial charge in [0.05, 0.1) is 30.4 Å². The molecular formula is C24H18N4O2S2. The van der Waals surface area contributed by atoms with E-state index < -0.39 is 0 Å². The van der Waals surface area contributed by atoms with Crippen LogP contribution in [0.5, 0.6) is 5.75 Å². The number of hydrogen-bond donors (Lipinski definition) is 1. The number of carbonyl (C=O) groups is 1. The number of benzene rings is 3. The van der Waals surface area contributed by atoms with Crippen molar-refractivity contribution in [2.24, 2.45) is 0 Å². The molecule has 6 nitrogen and oxygen atoms in total. The van der Waals surface area contributed by atoms with Gasteiger partial charge in [-0.1, -0.05) is 65.6 Å². The quantitative estimate of drug-likeness (QED) is 0.406. The number of fused-ring (bicyclic) bond motifs is 2. The molecule has 1 saturated heterocycles. The van der Waals surface area contributed by atoms with Crippen LogP contribution in [0, 0.1) is 0 Å². The maximum absolute atomic E-state index is 12.4. The molecule has 2 aliphatic heterocycles. The minimum absolute atomic E-state index is 0.00832. The van der Waals surface area contributed by atoms with E-state index in [9.17, 15) is 9.90 Å². The largest absolute Gasteiger partial charge is 0.508 e. The Kier molecular flexibility index (Phi) is 4.62. The highest BCUT2D eigenvalue weighted by atomic mass is 32.2. The number of para-hydroxylation sites is 3. The maximum atomic E-state index is 12.4. The lowest BCUT2D eigenvalue weighted by Gasteiger charge is -2.38. The Bertz CT molecular complexity index is 1290. The molecule has 0 saturated carbocycles. The van der Waals surface area contributed by atoms with Crippen molar-refractivity contribution >= 4 is 45.5 Å². The normalized spacial score (nSPS) is 17.0. The van der Waals surface area contributed by atoms with Gasteiger partial charge < -0.3 is 10.0 Å². The molecule has 0 spiro atoms. The number of nitrogens with zero attached hydrogens (tertiary/aromatic N) is 4. The molecule has 1 N–H and O–H groups in total. The van der Waals surface area contributed by atoms with E-state index in [1.165, 1.54) is 21.1 Å². The van der Waals surface area contributed by atoms with Gasteiger partial charge in [-0.15, -0.1) is 10.2 Å². The Balaban J connectivity index is 1.31. The predicted molar refractivity (Wildman–Crippen MR) is 126 cm³/mol. The molecule has 1 aromatic heterocycles. The number of rotatable bonds is 4. The summed E-state index contributed by atoms with van der Waals surface area (Å²) in [5, 5.41) is 20.4. The van der Waals surface area contributed by atoms with Crippen LogP contribution in [0.4, 0.5) is 16.5 Å². The predicted octanol–water partition coefficient (Wildman–Crippen LogP) is 5.52. The fraction of sp³-hybridized carbons (Fsp3) is 0.125. The lowest BCUT2D eigenvalue weighted by Crippen LogP contribution is -2.46. The molecule has 0 bridgehead atoms. The third kappa shape index (κ3) is 3.14. The summed E-state index contributed by atoms with van der Waals surface area (Å²) >= 11 is 3.19. The first-order valence-corrected chi connectivity index (χ1v) is 11.9. The number of β-lactam (4-membered cyclic amide) rings is 1. The van der Waals surface area contributed by atoms with Gasteiger partial charge in [0.15, 0.2) is 0 Å². The number of phenols is 1. The monoisotopic (exact) mass is 458 g/mol. The molecule has 1 unspecified atom stereocenters. The summed E-state index contributed by atoms with van der Waals surface area (Å²) in [6.07, 6.45) is 0.358. The first kappa shape index (κ1) is 19.3. The number of phenolic OH excluding ortho intramolecular Hbond substituents is 1. The van der Waals surface area contributed by atoms with Gasteiger partial charge in [0.2, 0.25) is 11.0 Å². The van der Waals surface area contributed by atoms with Crippen molar-refractivity contribution < 1.29 is 9.90 Å². The van der Waals surface area contributed by atoms with E-state index in [-0.39, 0.29) is 17.7 Å². The van der Waals surface area contributed by atoms with E-state index in [0.29, 0.717) is 18.1 Å². The molecule has 1 amide bonds. The molecule has 32 heavy (non-hydrogen) atoms. The zero-order valence-electron chi connectivity index (χ0n) is 16.9. The zero-order chi connectivity index (χ0) is 21.7. The molecule has 8 heteroatoms. The molecule has 2 aliphatic rings. The summed E-state index contributed by atoms with van der Waals surface area (Å²) in [6.45, 7) is 0.565. The smallest absolute Gasteiger partial charge is 0.231 e. The maximum Gasteiger partial charge on any atom is 0.231 e. The van der Waals surface area contributed by atoms with Gasteiger partial charge in [-0.25, -0.2) is 0 Å². The highest BCUT2D eigenvalue weighted by Crippen LogP contribution is 2.49. The lowest BCUT2D eigenvalue weighted by molar-refractivity contribution is -0.124. The summed E-state index contributed by atoms with van der Waals surface area (Å²) in [4.78, 5) is 18.7. The average Bonchev–Trinajstić information content (AvgIpc) is 3.25. The second-order valence-electron chi connectivity index (χ2n) is 7.64. The van der Waals surface area contributed by atoms with Gasteiger partial charge in [-0.2, -0.15) is 0 Å². The van der Waals surface area contributed by atoms with Crippen molar-refractivity contribution in [1.29, 1.82) is 0 Å². The molecule has 1 fully saturated rings. The van der Waals surface area contributed by atoms with E-state index in [0.717, 1.165) is 21.9 Å². The van der Waals surface area contributed by atoms with Crippen molar-refractivity contribution in [3.8, 4) is 5.75 Å². The molecule has 158 valence electrons. The highest BCUT2D eigenvalue weighted by Gasteiger charge is 2.41. The van der Waals surface area contributed by atoms with E-state index in [4.69, 9.17) is 0 Å². The summed E-state index contributed by atoms with van der Waals surface area (Å²) in [5.41, 5.74) is 3.01. The number of carbonyl (C=O) groups excluding carboxylic acids is 1. The van der Waals surface area contributed by atoms with Crippen LogP contribution in [0.2, 0.25) is 0 Å². The van der Waals surface area contributed by atoms with Gasteiger partial charge in [-0.05, 0) is 30.3 Å². The van der Waals surface area contributed by atoms with Crippen molar-refractivity contribution in [2.75, 3.05) is 9.80 Å². The molecule has 3 heterocycles. The highest BCUT2D eigenvalue weighted by molar-refractivity contribution is 7.99. The van der Waals surface area contributed by atoms with Crippen LogP contribution in [0.15, 0.2) is 82.6 Å². The molecular weight excluding hydrogens is 440 g/mol. The number of amides is 1. The first-order valence-electron chi connectivity index (χ1n) is 10.2. The van der Waals surface area contributed by atoms with E-state index in [2.05, 4.69) is 51.5 Å². The minimum atomic E-state index is -0.211. The van der Waals surface area contributed by atoms with Crippen molar-refractivity contribution in [3.05, 3.63) is 83.4 Å². The number of aromatic hydroxyl groups is 1. The molecule has 1 atom stereocenters. The number of anilines is 3. The summed E-state index contributed by atoms with van der Waals surface area (Å²) < 4.78 is 0. The number of hydrogen-bond acceptors (Lipinski definition) is 7. The van der Waals surface area contributed by atoms with Gasteiger partial charge in [0.25, 0.3) is 0 Å². The van der Waals surface area contributed by atoms with Crippen LogP contribution in [-0.2, 0) is 11.3 Å². The number of aromatic nitrogens is 2. The van der Waals surface area contributed by atoms with E-state index in [1.807, 2.05) is 24.3 Å². The second-order valence-corrected chi connectivity index (χ2v) is 9.77. The van der Waals surface area contributed by atoms with Gasteiger partial charge in [0, 0.05) is 15.4 Å². The average molecular weight is 459 g/mol. The summed E-state index contributed by atoms with van der Waals surface area (Å²) in [5.74, 6) is 0.185. The first-order chi connectivity index (χ1) is 15.7. The van der Waals surface area contributed by atoms with Gasteiger partial charge >= 0.3 is 0 Å². The standard InChI is InChI=1S/C24H18N4O2S2/c29-19-10-4-1-7-15(19)18-13-23(30)28(18)24-26-25-22(32-24)14-27-16-8-2-5-11-20(16)31-21-12-6-3-9-17(21)27/h1-12,18,29H,13-14H2. The van der Waals surface area contributed by atoms with Gasteiger partial charge in [0.1, 0.15) is 10.8 Å². The van der Waals surface area contributed by atoms with Crippen LogP contribution >= 0.6 is 23.1 Å². The van der Waals surface area contributed by atoms with Crippen LogP contribution in [0.3, 0.4) is 0 Å². The van der Waals surface area contributed by atoms with Crippen molar-refractivity contribution in [1.82, 2.24) is 10.2 Å². The second kappa shape index (κ2) is 7.65. The SMILES string of the molecule is O=C1CC(c2ccccc2O)N1c1nnc(CN2c3ccccc3Sc3ccccc32)s1. The Hall–Kier alpha value is -3.36. The zero-order valence-corrected chi connectivity index (χ0v) is 18.5. The van der Waals surface area contributed by atoms with Crippen LogP contribution in [-0.4, -0.2) is 21.2 Å². The molecule has 6 rings (SSSR count). The minimum Gasteiger partial charge on any atom is -0.508 e. The van der Waals surface area contributed by atoms with Crippen LogP contribution in [0.1, 0.15) is 23.0 Å². The molecule has 0 radical (unpaired) electrons. The Labute approximate surface area is 193 Å². The Morgan fingerprint density at radius 2 is 1.56 bits per heavy atom. The lowest BCUT2D eigenvalue weighted by atomic mass is 9.94. The van der Waals surface area contributed by atoms with E-state index >= 15 is 0 Å². The fourth-order valence-electron chi connectivity index (χ4n) is 4.17. The molecule has 0 aliphatic carbocycles. The topological polar surface area (TPSA) is 69.6 Å². The van der Waals surface area contributed by atoms with Crippen molar-refractivity contribution in [3.63, 3.8) is 0 Å². The third-order valence-electron chi connectivity index (χ3n) is 5.73. The van der Waals surface area contributed by atoms with Crippen LogP contribution < -0.4 is 9.80 Å². The van der Waals surface area contributed by atoms with Crippen molar-refractivity contribution in [2.45, 2.75) is 28.8 Å². The van der Waals surface area contributed by atoms with E-state index in [1.54, 1.807) is 28.8 Å². The fourth-order valence-corrected chi connectivity index (χ4v) is 6.16. The summed E-state index contributed by atoms with van der Waals surface area (Å²) in [6, 6.07) is 23.6. The Morgan fingerprint density at radius 1 is 0.906 bits per heavy atom. The third-order valence-corrected chi connectivity index (χ3v) is 7.77. The van der Waals surface area contributed by atoms with Crippen LogP contribution in [0.25, 0.3) is 0 Å². The molecule has 3 aromatic carbocycles.